The normalized spacial score (nSPS) is 10.1. The Labute approximate surface area is 112 Å². The minimum absolute atomic E-state index is 0.116. The zero-order valence-electron chi connectivity index (χ0n) is 9.55. The number of ether oxygens (including phenoxy) is 1. The van der Waals surface area contributed by atoms with E-state index in [2.05, 4.69) is 20.9 Å². The Hall–Kier alpha value is -1.88. The summed E-state index contributed by atoms with van der Waals surface area (Å²) in [4.78, 5) is 15.1. The molecule has 0 atom stereocenters. The number of aryl methyl sites for hydroxylation is 1. The summed E-state index contributed by atoms with van der Waals surface area (Å²) >= 11 is 3.27. The maximum absolute atomic E-state index is 11.1. The van der Waals surface area contributed by atoms with Crippen molar-refractivity contribution in [3.05, 3.63) is 52.1 Å². The minimum Gasteiger partial charge on any atom is -0.478 e. The van der Waals surface area contributed by atoms with Crippen molar-refractivity contribution in [2.24, 2.45) is 0 Å². The summed E-state index contributed by atoms with van der Waals surface area (Å²) in [7, 11) is 0. The quantitative estimate of drug-likeness (QED) is 0.940. The number of benzene rings is 1. The van der Waals surface area contributed by atoms with Crippen molar-refractivity contribution in [3.8, 4) is 11.6 Å². The molecule has 0 unspecified atom stereocenters. The first-order chi connectivity index (χ1) is 8.56. The number of carboxylic acid groups (broad SMARTS) is 1. The Morgan fingerprint density at radius 3 is 2.72 bits per heavy atom. The average Bonchev–Trinajstić information content (AvgIpc) is 2.32. The Morgan fingerprint density at radius 1 is 1.33 bits per heavy atom. The summed E-state index contributed by atoms with van der Waals surface area (Å²) in [6.07, 6.45) is 1.59. The highest BCUT2D eigenvalue weighted by atomic mass is 79.9. The fourth-order valence-electron chi connectivity index (χ4n) is 1.43. The molecule has 0 aliphatic rings. The van der Waals surface area contributed by atoms with Crippen LogP contribution in [0.2, 0.25) is 0 Å². The van der Waals surface area contributed by atoms with E-state index >= 15 is 0 Å². The standard InChI is InChI=1S/C13H10BrNO3/c1-8-2-4-10(13(16)17)11(6-8)18-12-5-3-9(14)7-15-12/h2-7H,1H3,(H,16,17). The van der Waals surface area contributed by atoms with Crippen molar-refractivity contribution in [2.75, 3.05) is 0 Å². The molecule has 1 aromatic carbocycles. The van der Waals surface area contributed by atoms with Crippen LogP contribution in [0.3, 0.4) is 0 Å². The highest BCUT2D eigenvalue weighted by Gasteiger charge is 2.12. The molecule has 2 rings (SSSR count). The van der Waals surface area contributed by atoms with E-state index in [1.165, 1.54) is 6.07 Å². The third-order valence-electron chi connectivity index (χ3n) is 2.28. The van der Waals surface area contributed by atoms with Crippen molar-refractivity contribution in [2.45, 2.75) is 6.92 Å². The van der Waals surface area contributed by atoms with Gasteiger partial charge in [-0.3, -0.25) is 0 Å². The summed E-state index contributed by atoms with van der Waals surface area (Å²) in [5, 5.41) is 9.07. The van der Waals surface area contributed by atoms with Crippen LogP contribution in [-0.4, -0.2) is 16.1 Å². The van der Waals surface area contributed by atoms with E-state index in [1.807, 2.05) is 6.92 Å². The molecule has 0 aliphatic carbocycles. The molecule has 5 heteroatoms. The lowest BCUT2D eigenvalue weighted by molar-refractivity contribution is 0.0694. The third-order valence-corrected chi connectivity index (χ3v) is 2.75. The number of carboxylic acids is 1. The highest BCUT2D eigenvalue weighted by molar-refractivity contribution is 9.10. The fourth-order valence-corrected chi connectivity index (χ4v) is 1.66. The first-order valence-electron chi connectivity index (χ1n) is 5.19. The first kappa shape index (κ1) is 12.6. The third kappa shape index (κ3) is 2.87. The summed E-state index contributed by atoms with van der Waals surface area (Å²) < 4.78 is 6.32. The molecule has 0 fully saturated rings. The molecule has 18 heavy (non-hydrogen) atoms. The van der Waals surface area contributed by atoms with Crippen LogP contribution in [-0.2, 0) is 0 Å². The van der Waals surface area contributed by atoms with Gasteiger partial charge in [0.2, 0.25) is 5.88 Å². The molecule has 0 saturated carbocycles. The smallest absolute Gasteiger partial charge is 0.339 e. The van der Waals surface area contributed by atoms with E-state index in [0.29, 0.717) is 5.88 Å². The second kappa shape index (κ2) is 5.18. The van der Waals surface area contributed by atoms with Crippen molar-refractivity contribution in [1.82, 2.24) is 4.98 Å². The zero-order chi connectivity index (χ0) is 13.1. The maximum atomic E-state index is 11.1. The van der Waals surface area contributed by atoms with Crippen molar-refractivity contribution in [3.63, 3.8) is 0 Å². The molecule has 1 N–H and O–H groups in total. The van der Waals surface area contributed by atoms with Crippen LogP contribution < -0.4 is 4.74 Å². The summed E-state index contributed by atoms with van der Waals surface area (Å²) in [5.41, 5.74) is 1.04. The topological polar surface area (TPSA) is 59.4 Å². The second-order valence-corrected chi connectivity index (χ2v) is 4.64. The molecule has 2 aromatic rings. The van der Waals surface area contributed by atoms with Gasteiger partial charge >= 0.3 is 5.97 Å². The van der Waals surface area contributed by atoms with Gasteiger partial charge < -0.3 is 9.84 Å². The lowest BCUT2D eigenvalue weighted by Crippen LogP contribution is -2.00. The minimum atomic E-state index is -1.03. The molecular weight excluding hydrogens is 298 g/mol. The SMILES string of the molecule is Cc1ccc(C(=O)O)c(Oc2ccc(Br)cn2)c1. The van der Waals surface area contributed by atoms with Crippen LogP contribution >= 0.6 is 15.9 Å². The number of pyridine rings is 1. The molecule has 0 aliphatic heterocycles. The van der Waals surface area contributed by atoms with E-state index in [9.17, 15) is 4.79 Å². The number of halogens is 1. The van der Waals surface area contributed by atoms with Crippen LogP contribution in [0.25, 0.3) is 0 Å². The largest absolute Gasteiger partial charge is 0.478 e. The zero-order valence-corrected chi connectivity index (χ0v) is 11.1. The Bertz CT molecular complexity index is 581. The molecule has 0 amide bonds. The Morgan fingerprint density at radius 2 is 2.11 bits per heavy atom. The predicted molar refractivity (Wildman–Crippen MR) is 70.1 cm³/mol. The monoisotopic (exact) mass is 307 g/mol. The van der Waals surface area contributed by atoms with Gasteiger partial charge in [0.25, 0.3) is 0 Å². The van der Waals surface area contributed by atoms with E-state index in [-0.39, 0.29) is 11.3 Å². The van der Waals surface area contributed by atoms with E-state index < -0.39 is 5.97 Å². The molecule has 0 bridgehead atoms. The predicted octanol–water partition coefficient (Wildman–Crippen LogP) is 3.64. The van der Waals surface area contributed by atoms with Crippen LogP contribution in [0, 0.1) is 6.92 Å². The van der Waals surface area contributed by atoms with E-state index in [4.69, 9.17) is 9.84 Å². The highest BCUT2D eigenvalue weighted by Crippen LogP contribution is 2.26. The molecule has 4 nitrogen and oxygen atoms in total. The fraction of sp³-hybridized carbons (Fsp3) is 0.0769. The molecule has 1 aromatic heterocycles. The van der Waals surface area contributed by atoms with Crippen LogP contribution in [0.4, 0.5) is 0 Å². The van der Waals surface area contributed by atoms with Gasteiger partial charge in [0.05, 0.1) is 0 Å². The number of aromatic carboxylic acids is 1. The van der Waals surface area contributed by atoms with Gasteiger partial charge in [-0.25, -0.2) is 9.78 Å². The Balaban J connectivity index is 2.35. The number of nitrogens with zero attached hydrogens (tertiary/aromatic N) is 1. The molecular formula is C13H10BrNO3. The lowest BCUT2D eigenvalue weighted by Gasteiger charge is -2.08. The molecule has 0 spiro atoms. The summed E-state index contributed by atoms with van der Waals surface area (Å²) in [5.74, 6) is -0.384. The average molecular weight is 308 g/mol. The summed E-state index contributed by atoms with van der Waals surface area (Å²) in [6.45, 7) is 1.87. The second-order valence-electron chi connectivity index (χ2n) is 3.72. The van der Waals surface area contributed by atoms with Crippen molar-refractivity contribution in [1.29, 1.82) is 0 Å². The van der Waals surface area contributed by atoms with Crippen molar-refractivity contribution >= 4 is 21.9 Å². The number of rotatable bonds is 3. The number of aromatic nitrogens is 1. The van der Waals surface area contributed by atoms with Gasteiger partial charge in [0, 0.05) is 16.7 Å². The Kier molecular flexibility index (Phi) is 3.62. The number of hydrogen-bond acceptors (Lipinski definition) is 3. The summed E-state index contributed by atoms with van der Waals surface area (Å²) in [6, 6.07) is 8.36. The van der Waals surface area contributed by atoms with Crippen LogP contribution in [0.15, 0.2) is 41.0 Å². The van der Waals surface area contributed by atoms with Gasteiger partial charge in [-0.1, -0.05) is 6.07 Å². The molecule has 0 saturated heterocycles. The van der Waals surface area contributed by atoms with Gasteiger partial charge in [-0.15, -0.1) is 0 Å². The molecule has 92 valence electrons. The maximum Gasteiger partial charge on any atom is 0.339 e. The van der Waals surface area contributed by atoms with E-state index in [1.54, 1.807) is 30.5 Å². The first-order valence-corrected chi connectivity index (χ1v) is 5.99. The van der Waals surface area contributed by atoms with Gasteiger partial charge in [-0.2, -0.15) is 0 Å². The molecule has 0 radical (unpaired) electrons. The number of hydrogen-bond donors (Lipinski definition) is 1. The van der Waals surface area contributed by atoms with Gasteiger partial charge in [-0.05, 0) is 46.6 Å². The van der Waals surface area contributed by atoms with Gasteiger partial charge in [0.1, 0.15) is 11.3 Å². The van der Waals surface area contributed by atoms with Crippen LogP contribution in [0.1, 0.15) is 15.9 Å². The van der Waals surface area contributed by atoms with E-state index in [0.717, 1.165) is 10.0 Å². The van der Waals surface area contributed by atoms with Crippen molar-refractivity contribution < 1.29 is 14.6 Å². The lowest BCUT2D eigenvalue weighted by atomic mass is 10.1. The van der Waals surface area contributed by atoms with Gasteiger partial charge in [0.15, 0.2) is 0 Å². The number of carbonyl (C=O) groups is 1. The molecule has 1 heterocycles. The van der Waals surface area contributed by atoms with Crippen LogP contribution in [0.5, 0.6) is 11.6 Å².